The van der Waals surface area contributed by atoms with Crippen LogP contribution in [0.4, 0.5) is 11.4 Å². The summed E-state index contributed by atoms with van der Waals surface area (Å²) in [6.45, 7) is 8.72. The second kappa shape index (κ2) is 26.9. The highest BCUT2D eigenvalue weighted by molar-refractivity contribution is 6.13. The maximum absolute atomic E-state index is 13.8. The molecule has 0 aliphatic heterocycles. The van der Waals surface area contributed by atoms with Gasteiger partial charge in [-0.05, 0) is 74.5 Å². The van der Waals surface area contributed by atoms with Gasteiger partial charge in [-0.3, -0.25) is 9.59 Å². The number of aromatic nitrogens is 2. The smallest absolute Gasteiger partial charge is 0.339 e. The Balaban J connectivity index is 0.777. The molecule has 0 bridgehead atoms. The lowest BCUT2D eigenvalue weighted by atomic mass is 10.0. The van der Waals surface area contributed by atoms with Gasteiger partial charge in [0.25, 0.3) is 0 Å². The van der Waals surface area contributed by atoms with Gasteiger partial charge < -0.3 is 77.1 Å². The largest absolute Gasteiger partial charge is 0.494 e. The molecule has 20 heteroatoms. The van der Waals surface area contributed by atoms with Gasteiger partial charge in [0.05, 0.1) is 142 Å². The Bertz CT molecular complexity index is 2630. The van der Waals surface area contributed by atoms with Crippen molar-refractivity contribution < 1.29 is 76.0 Å². The number of fused-ring (bicyclic) bond motifs is 2. The van der Waals surface area contributed by atoms with Crippen molar-refractivity contribution in [3.05, 3.63) is 118 Å². The average Bonchev–Trinajstić information content (AvgIpc) is 3.84. The third-order valence-corrected chi connectivity index (χ3v) is 11.3. The molecule has 0 spiro atoms. The van der Waals surface area contributed by atoms with E-state index in [0.29, 0.717) is 136 Å². The Labute approximate surface area is 416 Å². The van der Waals surface area contributed by atoms with E-state index in [1.54, 1.807) is 73.5 Å². The number of ether oxygens (including phenoxy) is 12. The van der Waals surface area contributed by atoms with Crippen LogP contribution in [0.1, 0.15) is 63.9 Å². The highest BCUT2D eigenvalue weighted by Gasteiger charge is 2.26. The summed E-state index contributed by atoms with van der Waals surface area (Å²) in [5.74, 6) is 0.203. The van der Waals surface area contributed by atoms with E-state index in [2.05, 4.69) is 0 Å². The van der Waals surface area contributed by atoms with Gasteiger partial charge in [0.2, 0.25) is 11.6 Å². The summed E-state index contributed by atoms with van der Waals surface area (Å²) in [5.41, 5.74) is 16.4. The minimum Gasteiger partial charge on any atom is -0.494 e. The number of nitrogens with two attached hydrogens (primary N) is 2. The van der Waals surface area contributed by atoms with Crippen LogP contribution in [0, 0.1) is 13.8 Å². The number of anilines is 2. The third-order valence-electron chi connectivity index (χ3n) is 11.3. The zero-order chi connectivity index (χ0) is 51.6. The van der Waals surface area contributed by atoms with Gasteiger partial charge in [-0.1, -0.05) is 0 Å². The molecule has 386 valence electrons. The number of esters is 2. The highest BCUT2D eigenvalue weighted by atomic mass is 16.6. The molecular weight excluding hydrogens is 937 g/mol. The zero-order valence-corrected chi connectivity index (χ0v) is 41.4. The number of benzene rings is 2. The molecule has 72 heavy (non-hydrogen) atoms. The Morgan fingerprint density at radius 2 is 0.764 bits per heavy atom. The van der Waals surface area contributed by atoms with Crippen molar-refractivity contribution >= 4 is 45.9 Å². The summed E-state index contributed by atoms with van der Waals surface area (Å²) < 4.78 is 69.8. The maximum Gasteiger partial charge on any atom is 0.339 e. The van der Waals surface area contributed by atoms with E-state index in [9.17, 15) is 19.2 Å². The first kappa shape index (κ1) is 54.1. The van der Waals surface area contributed by atoms with E-state index in [1.165, 1.54) is 38.5 Å². The van der Waals surface area contributed by atoms with Crippen LogP contribution in [0.2, 0.25) is 0 Å². The van der Waals surface area contributed by atoms with Gasteiger partial charge in [-0.25, -0.2) is 9.59 Å². The SMILES string of the molecule is COC(=O)c1cc(C(=O)c2c(C)c(OC)c3ccc(OCCOCCOCCOCCOCCOCCOCCOc4ccc5c(OC)c(C)c(C(=O)c6ccc(N)c(C(=O)OC)c6)n5c4)cn23)ccc1N. The van der Waals surface area contributed by atoms with Gasteiger partial charge in [-0.15, -0.1) is 0 Å². The average molecular weight is 999 g/mol. The third kappa shape index (κ3) is 13.4. The van der Waals surface area contributed by atoms with Crippen LogP contribution in [0.5, 0.6) is 23.0 Å². The lowest BCUT2D eigenvalue weighted by Crippen LogP contribution is -2.15. The molecular formula is C52H62N4O16. The number of nitrogens with zero attached hydrogens (tertiary/aromatic N) is 2. The zero-order valence-electron chi connectivity index (χ0n) is 41.4. The van der Waals surface area contributed by atoms with Crippen LogP contribution in [0.15, 0.2) is 73.1 Å². The number of rotatable bonds is 31. The highest BCUT2D eigenvalue weighted by Crippen LogP contribution is 2.35. The number of carbonyl (C=O) groups excluding carboxylic acids is 4. The minimum atomic E-state index is -0.636. The monoisotopic (exact) mass is 998 g/mol. The number of methoxy groups -OCH3 is 4. The molecule has 0 atom stereocenters. The summed E-state index contributed by atoms with van der Waals surface area (Å²) in [6.07, 6.45) is 3.42. The molecule has 0 aliphatic rings. The van der Waals surface area contributed by atoms with Crippen LogP contribution < -0.4 is 30.4 Å². The minimum absolute atomic E-state index is 0.104. The van der Waals surface area contributed by atoms with Crippen molar-refractivity contribution in [2.45, 2.75) is 13.8 Å². The van der Waals surface area contributed by atoms with Crippen LogP contribution >= 0.6 is 0 Å². The number of hydrogen-bond donors (Lipinski definition) is 2. The van der Waals surface area contributed by atoms with Gasteiger partial charge in [0, 0.05) is 33.6 Å². The molecule has 4 heterocycles. The quantitative estimate of drug-likeness (QED) is 0.0234. The van der Waals surface area contributed by atoms with Crippen molar-refractivity contribution in [1.29, 1.82) is 0 Å². The summed E-state index contributed by atoms with van der Waals surface area (Å²) in [5, 5.41) is 0. The number of carbonyl (C=O) groups is 4. The number of hydrogen-bond acceptors (Lipinski definition) is 18. The van der Waals surface area contributed by atoms with Crippen molar-refractivity contribution in [2.75, 3.05) is 132 Å². The summed E-state index contributed by atoms with van der Waals surface area (Å²) in [4.78, 5) is 52.0. The topological polar surface area (TPSA) is 240 Å². The first-order chi connectivity index (χ1) is 34.9. The van der Waals surface area contributed by atoms with Crippen molar-refractivity contribution in [2.24, 2.45) is 0 Å². The van der Waals surface area contributed by atoms with Crippen LogP contribution in [0.25, 0.3) is 11.0 Å². The van der Waals surface area contributed by atoms with Gasteiger partial charge in [0.15, 0.2) is 0 Å². The second-order valence-electron chi connectivity index (χ2n) is 15.9. The lowest BCUT2D eigenvalue weighted by Gasteiger charge is -2.10. The molecule has 4 aromatic heterocycles. The number of pyridine rings is 2. The molecule has 0 fully saturated rings. The molecule has 0 radical (unpaired) electrons. The van der Waals surface area contributed by atoms with Crippen molar-refractivity contribution in [3.8, 4) is 23.0 Å². The van der Waals surface area contributed by atoms with Gasteiger partial charge in [0.1, 0.15) is 47.6 Å². The second-order valence-corrected chi connectivity index (χ2v) is 15.9. The molecule has 0 unspecified atom stereocenters. The standard InChI is InChI=1S/C52H62N4O16/c1-33-45(47(57)35-7-11-41(53)39(29-35)51(59)63-5)55-31-37(9-13-43(55)49(33)61-3)71-27-25-69-23-21-67-19-17-65-15-16-66-18-20-68-22-24-70-26-28-72-38-10-14-44-50(62-4)34(2)46(56(44)32-38)48(58)36-8-12-42(54)40(30-36)52(60)64-6/h7-14,29-32H,15-28,53-54H2,1-6H3. The normalized spacial score (nSPS) is 11.2. The first-order valence-electron chi connectivity index (χ1n) is 23.1. The Morgan fingerprint density at radius 1 is 0.444 bits per heavy atom. The maximum atomic E-state index is 13.8. The molecule has 0 aliphatic carbocycles. The number of ketones is 2. The first-order valence-corrected chi connectivity index (χ1v) is 23.1. The predicted octanol–water partition coefficient (Wildman–Crippen LogP) is 5.58. The van der Waals surface area contributed by atoms with Crippen molar-refractivity contribution in [1.82, 2.24) is 8.80 Å². The molecule has 0 saturated heterocycles. The predicted molar refractivity (Wildman–Crippen MR) is 265 cm³/mol. The van der Waals surface area contributed by atoms with Crippen molar-refractivity contribution in [3.63, 3.8) is 0 Å². The Kier molecular flexibility index (Phi) is 20.2. The summed E-state index contributed by atoms with van der Waals surface area (Å²) >= 11 is 0. The molecule has 20 nitrogen and oxygen atoms in total. The Morgan fingerprint density at radius 3 is 1.07 bits per heavy atom. The van der Waals surface area contributed by atoms with Crippen LogP contribution in [-0.2, 0) is 37.9 Å². The van der Waals surface area contributed by atoms with E-state index in [0.717, 1.165) is 0 Å². The molecule has 4 N–H and O–H groups in total. The van der Waals surface area contributed by atoms with Gasteiger partial charge >= 0.3 is 11.9 Å². The van der Waals surface area contributed by atoms with Gasteiger partial charge in [-0.2, -0.15) is 0 Å². The molecule has 6 rings (SSSR count). The van der Waals surface area contributed by atoms with E-state index in [1.807, 2.05) is 12.1 Å². The van der Waals surface area contributed by atoms with E-state index < -0.39 is 11.9 Å². The van der Waals surface area contributed by atoms with E-state index in [4.69, 9.17) is 68.3 Å². The molecule has 0 amide bonds. The van der Waals surface area contributed by atoms with E-state index in [-0.39, 0.29) is 58.4 Å². The fourth-order valence-corrected chi connectivity index (χ4v) is 7.79. The fraction of sp³-hybridized carbons (Fsp3) is 0.385. The summed E-state index contributed by atoms with van der Waals surface area (Å²) in [7, 11) is 5.58. The molecule has 2 aromatic carbocycles. The molecule has 6 aromatic rings. The van der Waals surface area contributed by atoms with Crippen LogP contribution in [-0.4, -0.2) is 153 Å². The molecule has 0 saturated carbocycles. The summed E-state index contributed by atoms with van der Waals surface area (Å²) in [6, 6.07) is 16.2. The fourth-order valence-electron chi connectivity index (χ4n) is 7.79. The lowest BCUT2D eigenvalue weighted by molar-refractivity contribution is -0.0187. The van der Waals surface area contributed by atoms with Crippen LogP contribution in [0.3, 0.4) is 0 Å². The van der Waals surface area contributed by atoms with E-state index >= 15 is 0 Å². The number of nitrogen functional groups attached to an aromatic ring is 2. The Hall–Kier alpha value is -7.20.